The molecule has 1 unspecified atom stereocenters. The van der Waals surface area contributed by atoms with Gasteiger partial charge in [0.15, 0.2) is 8.32 Å². The van der Waals surface area contributed by atoms with Crippen LogP contribution in [0.4, 0.5) is 0 Å². The molecule has 2 radical (unpaired) electrons. The van der Waals surface area contributed by atoms with E-state index in [-0.39, 0.29) is 44.0 Å². The van der Waals surface area contributed by atoms with Gasteiger partial charge in [0.05, 0.1) is 0 Å². The topological polar surface area (TPSA) is 129 Å². The van der Waals surface area contributed by atoms with Gasteiger partial charge in [0.2, 0.25) is 0 Å². The standard InChI is InChI=1S/C25H36OSi.6CO.2Co/c1-20-12-10-13-21(2)17-19-25(26-27(8,9)23(3,4)5)18-11-14-22(16-15-20)24(25,6)7;6*1-2;;/h12,14H,2,10-11,13,18H2,1,3-9H3;;;;;;;;/b20-12+;;;;;;;;. The van der Waals surface area contributed by atoms with E-state index in [0.717, 1.165) is 42.4 Å². The van der Waals surface area contributed by atoms with Gasteiger partial charge in [-0.2, -0.15) is 0 Å². The molecule has 0 aromatic heterocycles. The zero-order valence-electron chi connectivity index (χ0n) is 24.7. The summed E-state index contributed by atoms with van der Waals surface area (Å²) in [5.74, 6) is 13.8. The van der Waals surface area contributed by atoms with Crippen molar-refractivity contribution in [1.82, 2.24) is 0 Å². The fourth-order valence-electron chi connectivity index (χ4n) is 3.36. The molecule has 0 spiro atoms. The van der Waals surface area contributed by atoms with Gasteiger partial charge in [-0.3, -0.25) is 0 Å². The fraction of sp³-hybridized carbons (Fsp3) is 0.484. The molecule has 2 rings (SSSR count). The third-order valence-electron chi connectivity index (χ3n) is 6.50. The molecule has 0 heterocycles. The Morgan fingerprint density at radius 2 is 1.24 bits per heavy atom. The molecule has 7 nitrogen and oxygen atoms in total. The van der Waals surface area contributed by atoms with Gasteiger partial charge < -0.3 is 4.43 Å². The van der Waals surface area contributed by atoms with Crippen molar-refractivity contribution in [2.24, 2.45) is 5.41 Å². The van der Waals surface area contributed by atoms with E-state index in [4.69, 9.17) is 32.3 Å². The summed E-state index contributed by atoms with van der Waals surface area (Å²) < 4.78 is 52.1. The maximum absolute atomic E-state index is 7.50. The summed E-state index contributed by atoms with van der Waals surface area (Å²) in [5, 5.41) is 0.131. The van der Waals surface area contributed by atoms with Crippen LogP contribution in [0.2, 0.25) is 18.1 Å². The molecule has 10 heteroatoms. The van der Waals surface area contributed by atoms with Gasteiger partial charge in [-0.15, -0.1) is 0 Å². The monoisotopic (exact) mass is 666 g/mol. The van der Waals surface area contributed by atoms with Crippen LogP contribution in [-0.4, -0.2) is 13.9 Å². The van der Waals surface area contributed by atoms with Crippen LogP contribution in [0.25, 0.3) is 0 Å². The minimum Gasteiger partial charge on any atom is 0 e. The first kappa shape index (κ1) is 55.0. The molecule has 0 aromatic rings. The second kappa shape index (κ2) is 29.5. The van der Waals surface area contributed by atoms with Gasteiger partial charge in [-0.05, 0) is 61.9 Å². The van der Waals surface area contributed by atoms with Crippen molar-refractivity contribution in [3.05, 3.63) is 75.4 Å². The second-order valence-corrected chi connectivity index (χ2v) is 14.7. The Hall–Kier alpha value is -2.03. The minimum atomic E-state index is -2.01. The van der Waals surface area contributed by atoms with Crippen LogP contribution in [0.15, 0.2) is 35.5 Å². The van der Waals surface area contributed by atoms with Crippen molar-refractivity contribution in [2.75, 3.05) is 0 Å². The average molecular weight is 667 g/mol. The fourth-order valence-corrected chi connectivity index (χ4v) is 4.94. The third-order valence-corrected chi connectivity index (χ3v) is 11.0. The molecule has 0 aliphatic heterocycles. The van der Waals surface area contributed by atoms with Crippen LogP contribution in [0.5, 0.6) is 0 Å². The first-order valence-corrected chi connectivity index (χ1v) is 14.2. The maximum Gasteiger partial charge on any atom is 0 e. The molecule has 0 saturated carbocycles. The van der Waals surface area contributed by atoms with Gasteiger partial charge in [0, 0.05) is 44.5 Å². The summed E-state index contributed by atoms with van der Waals surface area (Å²) in [5.41, 5.74) is 2.47. The zero-order valence-corrected chi connectivity index (χ0v) is 27.8. The van der Waals surface area contributed by atoms with E-state index in [1.807, 2.05) is 0 Å². The largest absolute Gasteiger partial charge is 0 e. The van der Waals surface area contributed by atoms with Crippen LogP contribution >= 0.6 is 0 Å². The van der Waals surface area contributed by atoms with Gasteiger partial charge in [0.1, 0.15) is 5.60 Å². The Morgan fingerprint density at radius 1 is 0.805 bits per heavy atom. The van der Waals surface area contributed by atoms with Crippen molar-refractivity contribution in [3.8, 4) is 23.7 Å². The molecule has 2 bridgehead atoms. The van der Waals surface area contributed by atoms with Crippen LogP contribution in [0.1, 0.15) is 67.2 Å². The smallest absolute Gasteiger partial charge is 0 e. The predicted molar refractivity (Wildman–Crippen MR) is 143 cm³/mol. The Kier molecular flexibility index (Phi) is 39.5. The van der Waals surface area contributed by atoms with E-state index in [1.165, 1.54) is 0 Å². The number of allylic oxidation sites excluding steroid dienone is 4. The van der Waals surface area contributed by atoms with E-state index >= 15 is 0 Å². The Morgan fingerprint density at radius 3 is 1.66 bits per heavy atom. The third kappa shape index (κ3) is 18.2. The van der Waals surface area contributed by atoms with Crippen LogP contribution < -0.4 is 0 Å². The molecule has 41 heavy (non-hydrogen) atoms. The first-order valence-electron chi connectivity index (χ1n) is 11.3. The summed E-state index contributed by atoms with van der Waals surface area (Å²) in [6.07, 6.45) is 8.16. The maximum atomic E-state index is 7.50. The molecule has 0 N–H and O–H groups in total. The van der Waals surface area contributed by atoms with Gasteiger partial charge in [-0.25, -0.2) is 0 Å². The van der Waals surface area contributed by atoms with Crippen molar-refractivity contribution >= 4 is 8.32 Å². The van der Waals surface area contributed by atoms with E-state index in [2.05, 4.69) is 137 Å². The Bertz CT molecular complexity index is 1030. The molecule has 0 amide bonds. The van der Waals surface area contributed by atoms with E-state index < -0.39 is 13.9 Å². The number of hydrogen-bond acceptors (Lipinski definition) is 1. The van der Waals surface area contributed by atoms with E-state index in [9.17, 15) is 0 Å². The predicted octanol–water partition coefficient (Wildman–Crippen LogP) is 6.57. The molecule has 1 atom stereocenters. The number of fused-ring (bicyclic) bond motifs is 2. The van der Waals surface area contributed by atoms with Crippen LogP contribution in [-0.2, 0) is 65.9 Å². The van der Waals surface area contributed by atoms with E-state index in [0.29, 0.717) is 0 Å². The average Bonchev–Trinajstić information content (AvgIpc) is 2.94. The molecule has 0 fully saturated rings. The van der Waals surface area contributed by atoms with Crippen LogP contribution in [0, 0.1) is 69.0 Å². The number of hydrogen-bond donors (Lipinski definition) is 0. The SMILES string of the molecule is C=C1C#CC2(O[Si](C)(C)C(C)(C)C)CCC=C(C#C/C(C)=C/CC1)C2(C)C.[C-]#[O+].[C-]#[O+].[C-]#[O+].[C-]#[O+].[C-]#[O+].[C-]#[O+].[Co].[Co]. The van der Waals surface area contributed by atoms with Crippen molar-refractivity contribution < 1.29 is 65.9 Å². The Balaban J connectivity index is -0.000000146. The van der Waals surface area contributed by atoms with E-state index in [1.54, 1.807) is 0 Å². The molecule has 2 aliphatic rings. The van der Waals surface area contributed by atoms with Gasteiger partial charge in [-0.1, -0.05) is 77.0 Å². The number of rotatable bonds is 2. The first-order chi connectivity index (χ1) is 18.3. The van der Waals surface area contributed by atoms with Crippen molar-refractivity contribution in [1.29, 1.82) is 0 Å². The summed E-state index contributed by atoms with van der Waals surface area (Å²) in [7, 11) is -2.01. The molecule has 224 valence electrons. The molecule has 0 saturated heterocycles. The summed E-state index contributed by atoms with van der Waals surface area (Å²) in [6, 6.07) is 0. The normalized spacial score (nSPS) is 18.4. The molecular formula is C31H36Co2O7Si. The second-order valence-electron chi connectivity index (χ2n) is 10.0. The minimum absolute atomic E-state index is 0. The molecule has 2 aliphatic carbocycles. The molecular weight excluding hydrogens is 630 g/mol. The van der Waals surface area contributed by atoms with Gasteiger partial charge >= 0.3 is 67.8 Å². The van der Waals surface area contributed by atoms with Gasteiger partial charge in [0.25, 0.3) is 0 Å². The summed E-state index contributed by atoms with van der Waals surface area (Å²) in [6.45, 7) is 49.3. The van der Waals surface area contributed by atoms with Crippen LogP contribution in [0.3, 0.4) is 0 Å². The Labute approximate surface area is 268 Å². The quantitative estimate of drug-likeness (QED) is 0.141. The summed E-state index contributed by atoms with van der Waals surface area (Å²) in [4.78, 5) is 0. The van der Waals surface area contributed by atoms with Crippen molar-refractivity contribution in [3.63, 3.8) is 0 Å². The van der Waals surface area contributed by atoms with Crippen molar-refractivity contribution in [2.45, 2.75) is 91.0 Å². The summed E-state index contributed by atoms with van der Waals surface area (Å²) >= 11 is 0. The zero-order chi connectivity index (χ0) is 32.5. The molecule has 0 aromatic carbocycles.